The summed E-state index contributed by atoms with van der Waals surface area (Å²) in [5.41, 5.74) is 4.27. The van der Waals surface area contributed by atoms with Gasteiger partial charge in [-0.3, -0.25) is 14.6 Å². The molecular formula is C38H46N10O7S. The second kappa shape index (κ2) is 14.9. The third-order valence-corrected chi connectivity index (χ3v) is 12.3. The molecule has 17 nitrogen and oxygen atoms in total. The van der Waals surface area contributed by atoms with Crippen LogP contribution < -0.4 is 10.6 Å². The lowest BCUT2D eigenvalue weighted by Crippen LogP contribution is -2.51. The number of methoxy groups -OCH3 is 2. The van der Waals surface area contributed by atoms with Crippen LogP contribution >= 0.6 is 11.8 Å². The quantitative estimate of drug-likeness (QED) is 0.174. The number of hydrogen-bond acceptors (Lipinski definition) is 12. The third kappa shape index (κ3) is 6.66. The predicted octanol–water partition coefficient (Wildman–Crippen LogP) is 5.15. The number of aliphatic imine (C=N–C) groups is 1. The summed E-state index contributed by atoms with van der Waals surface area (Å²) in [6.45, 7) is 8.68. The summed E-state index contributed by atoms with van der Waals surface area (Å²) in [4.78, 5) is 81.8. The summed E-state index contributed by atoms with van der Waals surface area (Å²) >= 11 is 1.55. The number of carbonyl (C=O) groups excluding carboxylic acids is 4. The Kier molecular flexibility index (Phi) is 10.0. The monoisotopic (exact) mass is 786 g/mol. The number of aromatic nitrogens is 5. The molecule has 6 heterocycles. The Morgan fingerprint density at radius 3 is 2.05 bits per heavy atom. The standard InChI is InChI=1S/C38H46N10O7S/c1-17(2)25(45-37(51)53-5)35(49)47-15-7-9-23(47)31-39-19-11-13-21-29(27(19)43-31)55-33(41-21)34-42-22-14-12-20-28(30(22)56-34)44-32(40-20)24-10-8-16-48(24)36(50)26(18(3)4)46-38(52)54-6/h11-14,17-18,22-26,30H,7-10,15-16H2,1-6H3,(H,39,43)(H,40,44)(H,45,51)(H,46,52)/t22?,23-,24-,25-,26-,30?/m0/s1. The lowest BCUT2D eigenvalue weighted by Gasteiger charge is -2.30. The van der Waals surface area contributed by atoms with Gasteiger partial charge in [0.1, 0.15) is 34.8 Å². The van der Waals surface area contributed by atoms with E-state index >= 15 is 0 Å². The number of nitrogens with one attached hydrogen (secondary N) is 4. The fourth-order valence-corrected chi connectivity index (χ4v) is 9.33. The van der Waals surface area contributed by atoms with Crippen LogP contribution in [0.3, 0.4) is 0 Å². The molecule has 4 aliphatic rings. The van der Waals surface area contributed by atoms with Crippen LogP contribution in [0.25, 0.3) is 28.2 Å². The van der Waals surface area contributed by atoms with E-state index < -0.39 is 24.3 Å². The smallest absolute Gasteiger partial charge is 0.407 e. The predicted molar refractivity (Wildman–Crippen MR) is 208 cm³/mol. The zero-order valence-corrected chi connectivity index (χ0v) is 32.9. The number of rotatable bonds is 9. The minimum Gasteiger partial charge on any atom is -0.453 e. The molecule has 1 aliphatic carbocycles. The molecule has 0 bridgehead atoms. The molecule has 4 amide bonds. The van der Waals surface area contributed by atoms with Gasteiger partial charge >= 0.3 is 12.2 Å². The van der Waals surface area contributed by atoms with Crippen LogP contribution in [0.1, 0.15) is 99.6 Å². The lowest BCUT2D eigenvalue weighted by molar-refractivity contribution is -0.136. The Hall–Kier alpha value is -5.39. The molecule has 6 atom stereocenters. The topological polar surface area (TPSA) is 213 Å². The van der Waals surface area contributed by atoms with Crippen LogP contribution in [0.5, 0.6) is 0 Å². The Labute approximate surface area is 326 Å². The summed E-state index contributed by atoms with van der Waals surface area (Å²) in [6, 6.07) is 1.61. The van der Waals surface area contributed by atoms with Crippen LogP contribution in [0.4, 0.5) is 9.59 Å². The Balaban J connectivity index is 1.01. The van der Waals surface area contributed by atoms with E-state index in [-0.39, 0.29) is 47.0 Å². The minimum atomic E-state index is -0.732. The number of thioether (sulfide) groups is 1. The van der Waals surface area contributed by atoms with Gasteiger partial charge in [0.15, 0.2) is 10.6 Å². The van der Waals surface area contributed by atoms with E-state index in [9.17, 15) is 19.2 Å². The molecule has 2 unspecified atom stereocenters. The third-order valence-electron chi connectivity index (χ3n) is 11.0. The highest BCUT2D eigenvalue weighted by Crippen LogP contribution is 2.47. The molecule has 2 saturated heterocycles. The summed E-state index contributed by atoms with van der Waals surface area (Å²) in [6.07, 6.45) is 5.81. The van der Waals surface area contributed by atoms with Gasteiger partial charge in [0.25, 0.3) is 5.89 Å². The van der Waals surface area contributed by atoms with Crippen LogP contribution in [-0.2, 0) is 19.1 Å². The van der Waals surface area contributed by atoms with E-state index in [1.54, 1.807) is 16.7 Å². The number of carbonyl (C=O) groups is 4. The van der Waals surface area contributed by atoms with Crippen molar-refractivity contribution in [2.75, 3.05) is 27.3 Å². The maximum atomic E-state index is 13.7. The molecular weight excluding hydrogens is 741 g/mol. The van der Waals surface area contributed by atoms with E-state index in [0.717, 1.165) is 42.6 Å². The van der Waals surface area contributed by atoms with Gasteiger partial charge in [0.2, 0.25) is 11.8 Å². The fourth-order valence-electron chi connectivity index (χ4n) is 8.13. The molecule has 0 spiro atoms. The first-order valence-electron chi connectivity index (χ1n) is 19.1. The van der Waals surface area contributed by atoms with Crippen molar-refractivity contribution in [2.45, 2.75) is 88.8 Å². The van der Waals surface area contributed by atoms with E-state index in [1.807, 2.05) is 56.9 Å². The molecule has 8 rings (SSSR count). The highest BCUT2D eigenvalue weighted by molar-refractivity contribution is 8.14. The number of alkyl carbamates (subject to hydrolysis) is 2. The zero-order chi connectivity index (χ0) is 39.4. The molecule has 3 aromatic heterocycles. The van der Waals surface area contributed by atoms with Crippen molar-refractivity contribution < 1.29 is 33.1 Å². The lowest BCUT2D eigenvalue weighted by atomic mass is 10.0. The summed E-state index contributed by atoms with van der Waals surface area (Å²) in [5.74, 6) is 1.13. The molecule has 2 fully saturated rings. The molecule has 296 valence electrons. The molecule has 3 aliphatic heterocycles. The van der Waals surface area contributed by atoms with Gasteiger partial charge in [-0.15, -0.1) is 0 Å². The minimum absolute atomic E-state index is 0.0950. The number of aromatic amines is 2. The average Bonchev–Trinajstić information content (AvgIpc) is 4.03. The second-order valence-corrected chi connectivity index (χ2v) is 16.4. The summed E-state index contributed by atoms with van der Waals surface area (Å²) in [7, 11) is 2.56. The van der Waals surface area contributed by atoms with E-state index in [0.29, 0.717) is 52.3 Å². The Morgan fingerprint density at radius 1 is 0.857 bits per heavy atom. The van der Waals surface area contributed by atoms with Crippen LogP contribution in [0.15, 0.2) is 27.6 Å². The number of fused-ring (bicyclic) bond motifs is 6. The maximum Gasteiger partial charge on any atom is 0.407 e. The van der Waals surface area contributed by atoms with Gasteiger partial charge in [-0.2, -0.15) is 0 Å². The summed E-state index contributed by atoms with van der Waals surface area (Å²) < 4.78 is 16.0. The number of imidazole rings is 2. The van der Waals surface area contributed by atoms with Gasteiger partial charge < -0.3 is 44.3 Å². The molecule has 18 heteroatoms. The van der Waals surface area contributed by atoms with Crippen molar-refractivity contribution >= 4 is 69.0 Å². The SMILES string of the molecule is COC(=O)N[C@H](C(=O)N1CCC[C@H]1c1nc2c([nH]1)C1SC(c3nc4ccc5[nH]c([C@@H]6CCCN6C(=O)[C@@H](NC(=O)OC)C(C)C)nc5c4o3)=NC1C=C2)C(C)C. The van der Waals surface area contributed by atoms with Crippen LogP contribution in [0.2, 0.25) is 0 Å². The zero-order valence-electron chi connectivity index (χ0n) is 32.1. The molecule has 4 N–H and O–H groups in total. The van der Waals surface area contributed by atoms with E-state index in [4.69, 9.17) is 33.8 Å². The fraction of sp³-hybridized carbons (Fsp3) is 0.526. The first kappa shape index (κ1) is 37.5. The normalized spacial score (nSPS) is 22.8. The van der Waals surface area contributed by atoms with Crippen molar-refractivity contribution in [1.29, 1.82) is 0 Å². The first-order chi connectivity index (χ1) is 26.9. The molecule has 0 radical (unpaired) electrons. The van der Waals surface area contributed by atoms with Gasteiger partial charge in [0.05, 0.1) is 54.5 Å². The number of hydrogen-bond donors (Lipinski definition) is 4. The number of amides is 4. The van der Waals surface area contributed by atoms with Crippen molar-refractivity contribution in [3.63, 3.8) is 0 Å². The largest absolute Gasteiger partial charge is 0.453 e. The maximum absolute atomic E-state index is 13.7. The van der Waals surface area contributed by atoms with Crippen molar-refractivity contribution in [2.24, 2.45) is 16.8 Å². The van der Waals surface area contributed by atoms with Crippen LogP contribution in [-0.4, -0.2) is 109 Å². The average molecular weight is 787 g/mol. The summed E-state index contributed by atoms with van der Waals surface area (Å²) in [5, 5.41) is 5.96. The molecule has 56 heavy (non-hydrogen) atoms. The first-order valence-corrected chi connectivity index (χ1v) is 20.0. The number of ether oxygens (including phenoxy) is 2. The number of oxazole rings is 1. The number of H-pyrrole nitrogens is 2. The Morgan fingerprint density at radius 2 is 1.46 bits per heavy atom. The number of benzene rings is 1. The number of likely N-dealkylation sites (tertiary alicyclic amines) is 2. The number of nitrogens with zero attached hydrogens (tertiary/aromatic N) is 6. The Bertz CT molecular complexity index is 2260. The highest BCUT2D eigenvalue weighted by atomic mass is 32.2. The van der Waals surface area contributed by atoms with Gasteiger partial charge in [-0.05, 0) is 55.7 Å². The second-order valence-electron chi connectivity index (χ2n) is 15.3. The van der Waals surface area contributed by atoms with Gasteiger partial charge in [-0.25, -0.2) is 24.5 Å². The molecule has 4 aromatic rings. The van der Waals surface area contributed by atoms with Crippen molar-refractivity contribution in [1.82, 2.24) is 45.4 Å². The molecule has 1 aromatic carbocycles. The van der Waals surface area contributed by atoms with Crippen molar-refractivity contribution in [3.8, 4) is 0 Å². The van der Waals surface area contributed by atoms with E-state index in [2.05, 4.69) is 20.6 Å². The highest BCUT2D eigenvalue weighted by Gasteiger charge is 2.42. The van der Waals surface area contributed by atoms with E-state index in [1.165, 1.54) is 14.2 Å². The van der Waals surface area contributed by atoms with Gasteiger partial charge in [-0.1, -0.05) is 45.5 Å². The van der Waals surface area contributed by atoms with Gasteiger partial charge in [0, 0.05) is 13.1 Å². The van der Waals surface area contributed by atoms with Crippen molar-refractivity contribution in [3.05, 3.63) is 47.1 Å². The van der Waals surface area contributed by atoms with Crippen LogP contribution in [0, 0.1) is 11.8 Å². The molecule has 0 saturated carbocycles.